The zero-order chi connectivity index (χ0) is 19.8. The van der Waals surface area contributed by atoms with Crippen molar-refractivity contribution >= 4 is 29.0 Å². The lowest BCUT2D eigenvalue weighted by Gasteiger charge is -2.19. The number of nitrogens with zero attached hydrogens (tertiary/aromatic N) is 1. The minimum atomic E-state index is -4.73. The fourth-order valence-electron chi connectivity index (χ4n) is 3.13. The van der Waals surface area contributed by atoms with Crippen LogP contribution in [0.25, 0.3) is 0 Å². The van der Waals surface area contributed by atoms with Crippen molar-refractivity contribution in [2.75, 3.05) is 13.1 Å². The monoisotopic (exact) mass is 397 g/mol. The SMILES string of the molecule is O=C(c1cccs1)c1ccccc1C(=O)N1C[C@@H](C(F)(F)F)[C@H](C(=O)O)C1. The number of aliphatic carboxylic acids is 1. The highest BCUT2D eigenvalue weighted by Crippen LogP contribution is 2.38. The summed E-state index contributed by atoms with van der Waals surface area (Å²) in [7, 11) is 0. The Morgan fingerprint density at radius 2 is 1.70 bits per heavy atom. The van der Waals surface area contributed by atoms with Gasteiger partial charge < -0.3 is 10.0 Å². The molecule has 142 valence electrons. The number of alkyl halides is 3. The molecule has 1 aromatic carbocycles. The van der Waals surface area contributed by atoms with E-state index in [0.717, 1.165) is 4.90 Å². The Morgan fingerprint density at radius 1 is 1.04 bits per heavy atom. The molecule has 1 aliphatic rings. The van der Waals surface area contributed by atoms with Crippen LogP contribution in [-0.2, 0) is 4.79 Å². The van der Waals surface area contributed by atoms with Crippen LogP contribution in [0.2, 0.25) is 0 Å². The first-order chi connectivity index (χ1) is 12.7. The number of hydrogen-bond donors (Lipinski definition) is 1. The zero-order valence-electron chi connectivity index (χ0n) is 13.8. The summed E-state index contributed by atoms with van der Waals surface area (Å²) in [4.78, 5) is 37.9. The van der Waals surface area contributed by atoms with Crippen LogP contribution in [0, 0.1) is 11.8 Å². The second-order valence-electron chi connectivity index (χ2n) is 6.15. The number of carbonyl (C=O) groups is 3. The van der Waals surface area contributed by atoms with Crippen LogP contribution in [0.5, 0.6) is 0 Å². The van der Waals surface area contributed by atoms with Crippen LogP contribution < -0.4 is 0 Å². The predicted octanol–water partition coefficient (Wildman–Crippen LogP) is 3.31. The quantitative estimate of drug-likeness (QED) is 0.804. The van der Waals surface area contributed by atoms with Gasteiger partial charge in [-0.05, 0) is 17.5 Å². The minimum absolute atomic E-state index is 0.0390. The van der Waals surface area contributed by atoms with E-state index in [1.165, 1.54) is 29.5 Å². The molecule has 3 rings (SSSR count). The van der Waals surface area contributed by atoms with Crippen LogP contribution in [0.15, 0.2) is 41.8 Å². The third kappa shape index (κ3) is 3.73. The molecule has 1 fully saturated rings. The molecule has 0 bridgehead atoms. The Hall–Kier alpha value is -2.68. The van der Waals surface area contributed by atoms with Gasteiger partial charge in [-0.25, -0.2) is 0 Å². The maximum atomic E-state index is 13.1. The van der Waals surface area contributed by atoms with Crippen molar-refractivity contribution in [3.8, 4) is 0 Å². The van der Waals surface area contributed by atoms with E-state index in [1.54, 1.807) is 23.6 Å². The van der Waals surface area contributed by atoms with Gasteiger partial charge >= 0.3 is 12.1 Å². The fourth-order valence-corrected chi connectivity index (χ4v) is 3.81. The maximum absolute atomic E-state index is 13.1. The Bertz CT molecular complexity index is 879. The number of halogens is 3. The van der Waals surface area contributed by atoms with Gasteiger partial charge in [0.15, 0.2) is 0 Å². The van der Waals surface area contributed by atoms with Gasteiger partial charge in [-0.15, -0.1) is 11.3 Å². The number of ketones is 1. The van der Waals surface area contributed by atoms with Crippen LogP contribution >= 0.6 is 11.3 Å². The Balaban J connectivity index is 1.91. The highest BCUT2D eigenvalue weighted by atomic mass is 32.1. The third-order valence-corrected chi connectivity index (χ3v) is 5.36. The molecule has 0 spiro atoms. The van der Waals surface area contributed by atoms with E-state index in [4.69, 9.17) is 5.11 Å². The lowest BCUT2D eigenvalue weighted by molar-refractivity contribution is -0.187. The average molecular weight is 397 g/mol. The standard InChI is InChI=1S/C18H14F3NO4S/c19-18(20,21)13-9-22(8-12(13)17(25)26)16(24)11-5-2-1-4-10(11)15(23)14-6-3-7-27-14/h1-7,12-13H,8-9H2,(H,25,26)/t12-,13-/m1/s1. The van der Waals surface area contributed by atoms with Crippen molar-refractivity contribution in [2.45, 2.75) is 6.18 Å². The molecule has 0 saturated carbocycles. The predicted molar refractivity (Wildman–Crippen MR) is 90.8 cm³/mol. The molecule has 5 nitrogen and oxygen atoms in total. The molecular weight excluding hydrogens is 383 g/mol. The summed E-state index contributed by atoms with van der Waals surface area (Å²) < 4.78 is 39.4. The number of benzene rings is 1. The number of amides is 1. The number of hydrogen-bond acceptors (Lipinski definition) is 4. The van der Waals surface area contributed by atoms with E-state index in [-0.39, 0.29) is 11.1 Å². The van der Waals surface area contributed by atoms with Crippen molar-refractivity contribution < 1.29 is 32.7 Å². The van der Waals surface area contributed by atoms with Crippen LogP contribution in [0.3, 0.4) is 0 Å². The van der Waals surface area contributed by atoms with Gasteiger partial charge in [-0.1, -0.05) is 24.3 Å². The summed E-state index contributed by atoms with van der Waals surface area (Å²) in [6, 6.07) is 9.12. The molecule has 1 N–H and O–H groups in total. The van der Waals surface area contributed by atoms with Crippen molar-refractivity contribution in [1.82, 2.24) is 4.90 Å². The molecule has 0 unspecified atom stereocenters. The van der Waals surface area contributed by atoms with Crippen LogP contribution in [0.4, 0.5) is 13.2 Å². The second kappa shape index (κ2) is 7.15. The van der Waals surface area contributed by atoms with Gasteiger partial charge in [0.1, 0.15) is 0 Å². The van der Waals surface area contributed by atoms with Gasteiger partial charge in [0.25, 0.3) is 5.91 Å². The van der Waals surface area contributed by atoms with Crippen molar-refractivity contribution in [2.24, 2.45) is 11.8 Å². The van der Waals surface area contributed by atoms with E-state index in [2.05, 4.69) is 0 Å². The number of carboxylic acid groups (broad SMARTS) is 1. The molecule has 1 aromatic heterocycles. The van der Waals surface area contributed by atoms with Crippen LogP contribution in [-0.4, -0.2) is 46.9 Å². The highest BCUT2D eigenvalue weighted by Gasteiger charge is 2.53. The summed E-state index contributed by atoms with van der Waals surface area (Å²) in [6.07, 6.45) is -4.73. The largest absolute Gasteiger partial charge is 0.481 e. The molecule has 1 amide bonds. The molecule has 2 aromatic rings. The van der Waals surface area contributed by atoms with Gasteiger partial charge in [0.2, 0.25) is 5.78 Å². The summed E-state index contributed by atoms with van der Waals surface area (Å²) in [5.74, 6) is -6.66. The molecule has 1 aliphatic heterocycles. The first kappa shape index (κ1) is 19.1. The van der Waals surface area contributed by atoms with Crippen LogP contribution in [0.1, 0.15) is 25.6 Å². The maximum Gasteiger partial charge on any atom is 0.394 e. The molecule has 2 atom stereocenters. The normalized spacial score (nSPS) is 19.9. The zero-order valence-corrected chi connectivity index (χ0v) is 14.6. The summed E-state index contributed by atoms with van der Waals surface area (Å²) in [5.41, 5.74) is 0.0372. The smallest absolute Gasteiger partial charge is 0.394 e. The van der Waals surface area contributed by atoms with Gasteiger partial charge in [0, 0.05) is 18.7 Å². The minimum Gasteiger partial charge on any atom is -0.481 e. The van der Waals surface area contributed by atoms with E-state index >= 15 is 0 Å². The third-order valence-electron chi connectivity index (χ3n) is 4.49. The number of thiophene rings is 1. The average Bonchev–Trinajstić information content (AvgIpc) is 3.29. The van der Waals surface area contributed by atoms with Crippen molar-refractivity contribution in [3.05, 3.63) is 57.8 Å². The summed E-state index contributed by atoms with van der Waals surface area (Å²) in [5, 5.41) is 10.8. The summed E-state index contributed by atoms with van der Waals surface area (Å²) >= 11 is 1.19. The molecule has 27 heavy (non-hydrogen) atoms. The summed E-state index contributed by atoms with van der Waals surface area (Å²) in [6.45, 7) is -1.30. The second-order valence-corrected chi connectivity index (χ2v) is 7.10. The number of carbonyl (C=O) groups excluding carboxylic acids is 2. The Morgan fingerprint density at radius 3 is 2.22 bits per heavy atom. The first-order valence-corrected chi connectivity index (χ1v) is 8.84. The van der Waals surface area contributed by atoms with E-state index in [0.29, 0.717) is 4.88 Å². The molecule has 9 heteroatoms. The molecular formula is C18H14F3NO4S. The van der Waals surface area contributed by atoms with Gasteiger partial charge in [0.05, 0.1) is 22.3 Å². The van der Waals surface area contributed by atoms with Crippen molar-refractivity contribution in [1.29, 1.82) is 0 Å². The lowest BCUT2D eigenvalue weighted by atomic mass is 9.96. The van der Waals surface area contributed by atoms with Crippen molar-refractivity contribution in [3.63, 3.8) is 0 Å². The topological polar surface area (TPSA) is 74.7 Å². The first-order valence-electron chi connectivity index (χ1n) is 7.96. The van der Waals surface area contributed by atoms with Gasteiger partial charge in [-0.3, -0.25) is 14.4 Å². The lowest BCUT2D eigenvalue weighted by Crippen LogP contribution is -2.34. The highest BCUT2D eigenvalue weighted by molar-refractivity contribution is 7.12. The van der Waals surface area contributed by atoms with E-state index < -0.39 is 48.8 Å². The van der Waals surface area contributed by atoms with E-state index in [1.807, 2.05) is 0 Å². The fraction of sp³-hybridized carbons (Fsp3) is 0.278. The molecule has 0 radical (unpaired) electrons. The van der Waals surface area contributed by atoms with E-state index in [9.17, 15) is 27.6 Å². The Kier molecular flexibility index (Phi) is 5.05. The molecule has 1 saturated heterocycles. The van der Waals surface area contributed by atoms with Gasteiger partial charge in [-0.2, -0.15) is 13.2 Å². The Labute approximate surface area is 156 Å². The number of rotatable bonds is 4. The number of carboxylic acids is 1. The number of likely N-dealkylation sites (tertiary alicyclic amines) is 1. The molecule has 0 aliphatic carbocycles. The molecule has 2 heterocycles.